The number of pyridine rings is 1. The van der Waals surface area contributed by atoms with Crippen LogP contribution in [0, 0.1) is 0 Å². The number of carbonyl (C=O) groups excluding carboxylic acids is 1. The highest BCUT2D eigenvalue weighted by molar-refractivity contribution is 5.80. The van der Waals surface area contributed by atoms with Crippen LogP contribution < -0.4 is 4.74 Å². The zero-order chi connectivity index (χ0) is 9.10. The molecule has 0 aliphatic heterocycles. The van der Waals surface area contributed by atoms with Gasteiger partial charge in [0.25, 0.3) is 0 Å². The van der Waals surface area contributed by atoms with E-state index in [1.165, 1.54) is 6.47 Å². The van der Waals surface area contributed by atoms with Crippen LogP contribution in [0.1, 0.15) is 0 Å². The first-order valence-corrected chi connectivity index (χ1v) is 3.79. The summed E-state index contributed by atoms with van der Waals surface area (Å²) in [4.78, 5) is 14.1. The third-order valence-corrected chi connectivity index (χ3v) is 1.73. The van der Waals surface area contributed by atoms with Crippen LogP contribution in [0.5, 0.6) is 5.75 Å². The lowest BCUT2D eigenvalue weighted by atomic mass is 10.2. The van der Waals surface area contributed by atoms with Gasteiger partial charge in [0, 0.05) is 11.6 Å². The lowest BCUT2D eigenvalue weighted by molar-refractivity contribution is 0.443. The maximum absolute atomic E-state index is 9.95. The molecule has 0 saturated carbocycles. The summed E-state index contributed by atoms with van der Waals surface area (Å²) >= 11 is 0. The van der Waals surface area contributed by atoms with Gasteiger partial charge in [0.2, 0.25) is 0 Å². The van der Waals surface area contributed by atoms with Crippen LogP contribution in [0.25, 0.3) is 10.9 Å². The third kappa shape index (κ3) is 1.49. The molecule has 2 rings (SSSR count). The Bertz CT molecular complexity index is 440. The Hall–Kier alpha value is -1.90. The van der Waals surface area contributed by atoms with Gasteiger partial charge in [-0.2, -0.15) is 0 Å². The van der Waals surface area contributed by atoms with Crippen molar-refractivity contribution in [3.8, 4) is 5.75 Å². The summed E-state index contributed by atoms with van der Waals surface area (Å²) in [6.45, 7) is 1.38. The van der Waals surface area contributed by atoms with E-state index in [1.54, 1.807) is 24.4 Å². The summed E-state index contributed by atoms with van der Waals surface area (Å²) < 4.78 is 4.58. The highest BCUT2D eigenvalue weighted by Gasteiger charge is 1.96. The van der Waals surface area contributed by atoms with Crippen LogP contribution in [-0.2, 0) is 4.79 Å². The van der Waals surface area contributed by atoms with Crippen molar-refractivity contribution in [2.75, 3.05) is 0 Å². The van der Waals surface area contributed by atoms with E-state index >= 15 is 0 Å². The standard InChI is InChI=1S/C10H6NO2/c12-7-13-9-3-4-10-8(6-9)2-1-5-11-10/h1-6H. The number of rotatable bonds is 2. The molecule has 1 radical (unpaired) electrons. The van der Waals surface area contributed by atoms with Crippen LogP contribution in [-0.4, -0.2) is 11.5 Å². The minimum atomic E-state index is 0.482. The van der Waals surface area contributed by atoms with Crippen molar-refractivity contribution < 1.29 is 9.53 Å². The smallest absolute Gasteiger partial charge is 0.418 e. The maximum Gasteiger partial charge on any atom is 0.423 e. The number of fused-ring (bicyclic) bond motifs is 1. The van der Waals surface area contributed by atoms with Crippen LogP contribution in [0.4, 0.5) is 0 Å². The summed E-state index contributed by atoms with van der Waals surface area (Å²) in [5, 5.41) is 0.940. The van der Waals surface area contributed by atoms with Crippen molar-refractivity contribution >= 4 is 17.4 Å². The highest BCUT2D eigenvalue weighted by Crippen LogP contribution is 2.17. The fourth-order valence-electron chi connectivity index (χ4n) is 1.17. The van der Waals surface area contributed by atoms with Crippen LogP contribution in [0.2, 0.25) is 0 Å². The largest absolute Gasteiger partial charge is 0.423 e. The quantitative estimate of drug-likeness (QED) is 0.691. The van der Waals surface area contributed by atoms with Crippen LogP contribution >= 0.6 is 0 Å². The summed E-state index contributed by atoms with van der Waals surface area (Å²) in [6.07, 6.45) is 1.72. The maximum atomic E-state index is 9.95. The van der Waals surface area contributed by atoms with Gasteiger partial charge in [-0.3, -0.25) is 4.98 Å². The molecule has 0 unspecified atom stereocenters. The second-order valence-electron chi connectivity index (χ2n) is 2.54. The summed E-state index contributed by atoms with van der Waals surface area (Å²) in [5.74, 6) is 0.482. The summed E-state index contributed by atoms with van der Waals surface area (Å²) in [5.41, 5.74) is 0.876. The number of hydrogen-bond acceptors (Lipinski definition) is 3. The average molecular weight is 172 g/mol. The monoisotopic (exact) mass is 172 g/mol. The van der Waals surface area contributed by atoms with Crippen molar-refractivity contribution in [2.24, 2.45) is 0 Å². The lowest BCUT2D eigenvalue weighted by Crippen LogP contribution is -1.88. The van der Waals surface area contributed by atoms with Gasteiger partial charge in [-0.25, -0.2) is 4.79 Å². The molecule has 1 heterocycles. The molecular weight excluding hydrogens is 166 g/mol. The summed E-state index contributed by atoms with van der Waals surface area (Å²) in [6, 6.07) is 8.95. The van der Waals surface area contributed by atoms with Gasteiger partial charge in [-0.1, -0.05) is 6.07 Å². The molecule has 1 aromatic heterocycles. The van der Waals surface area contributed by atoms with Gasteiger partial charge in [0.1, 0.15) is 5.75 Å². The van der Waals surface area contributed by atoms with E-state index in [4.69, 9.17) is 0 Å². The van der Waals surface area contributed by atoms with E-state index in [0.717, 1.165) is 10.9 Å². The number of benzene rings is 1. The molecule has 0 fully saturated rings. The Morgan fingerprint density at radius 3 is 3.08 bits per heavy atom. The molecule has 2 aromatic rings. The van der Waals surface area contributed by atoms with Crippen molar-refractivity contribution in [3.05, 3.63) is 36.5 Å². The molecule has 0 spiro atoms. The molecule has 0 N–H and O–H groups in total. The first kappa shape index (κ1) is 7.73. The van der Waals surface area contributed by atoms with E-state index in [9.17, 15) is 4.79 Å². The number of hydrogen-bond donors (Lipinski definition) is 0. The fraction of sp³-hybridized carbons (Fsp3) is 0. The Morgan fingerprint density at radius 2 is 2.23 bits per heavy atom. The SMILES string of the molecule is O=[C]Oc1ccc2ncccc2c1. The molecule has 1 aromatic carbocycles. The third-order valence-electron chi connectivity index (χ3n) is 1.73. The molecule has 0 aliphatic carbocycles. The molecule has 3 nitrogen and oxygen atoms in total. The first-order chi connectivity index (χ1) is 6.40. The Balaban J connectivity index is 2.55. The minimum Gasteiger partial charge on any atom is -0.418 e. The van der Waals surface area contributed by atoms with Crippen LogP contribution in [0.15, 0.2) is 36.5 Å². The normalized spacial score (nSPS) is 9.85. The molecular formula is C10H6NO2. The first-order valence-electron chi connectivity index (χ1n) is 3.79. The molecule has 13 heavy (non-hydrogen) atoms. The molecule has 0 atom stereocenters. The Kier molecular flexibility index (Phi) is 1.92. The van der Waals surface area contributed by atoms with Gasteiger partial charge < -0.3 is 4.74 Å². The van der Waals surface area contributed by atoms with Crippen molar-refractivity contribution in [2.45, 2.75) is 0 Å². The fourth-order valence-corrected chi connectivity index (χ4v) is 1.17. The van der Waals surface area contributed by atoms with E-state index in [-0.39, 0.29) is 0 Å². The van der Waals surface area contributed by atoms with Crippen molar-refractivity contribution in [3.63, 3.8) is 0 Å². The molecule has 0 amide bonds. The topological polar surface area (TPSA) is 39.2 Å². The van der Waals surface area contributed by atoms with E-state index < -0.39 is 0 Å². The zero-order valence-corrected chi connectivity index (χ0v) is 6.73. The molecule has 0 saturated heterocycles. The zero-order valence-electron chi connectivity index (χ0n) is 6.73. The minimum absolute atomic E-state index is 0.482. The van der Waals surface area contributed by atoms with Gasteiger partial charge in [0.05, 0.1) is 5.52 Å². The molecule has 3 heteroatoms. The van der Waals surface area contributed by atoms with Gasteiger partial charge >= 0.3 is 6.47 Å². The average Bonchev–Trinajstić information content (AvgIpc) is 2.18. The van der Waals surface area contributed by atoms with Crippen molar-refractivity contribution in [1.82, 2.24) is 4.98 Å². The number of ether oxygens (including phenoxy) is 1. The molecule has 63 valence electrons. The highest BCUT2D eigenvalue weighted by atomic mass is 16.5. The van der Waals surface area contributed by atoms with Gasteiger partial charge in [0.15, 0.2) is 0 Å². The Morgan fingerprint density at radius 1 is 1.31 bits per heavy atom. The summed E-state index contributed by atoms with van der Waals surface area (Å²) in [7, 11) is 0. The number of aromatic nitrogens is 1. The van der Waals surface area contributed by atoms with E-state index in [0.29, 0.717) is 5.75 Å². The van der Waals surface area contributed by atoms with Crippen molar-refractivity contribution in [1.29, 1.82) is 0 Å². The van der Waals surface area contributed by atoms with Gasteiger partial charge in [-0.05, 0) is 24.3 Å². The van der Waals surface area contributed by atoms with Crippen LogP contribution in [0.3, 0.4) is 0 Å². The van der Waals surface area contributed by atoms with E-state index in [2.05, 4.69) is 9.72 Å². The predicted octanol–water partition coefficient (Wildman–Crippen LogP) is 1.68. The second-order valence-corrected chi connectivity index (χ2v) is 2.54. The molecule has 0 aliphatic rings. The predicted molar refractivity (Wildman–Crippen MR) is 48.1 cm³/mol. The Labute approximate surface area is 75.0 Å². The lowest BCUT2D eigenvalue weighted by Gasteiger charge is -1.98. The number of nitrogens with zero attached hydrogens (tertiary/aromatic N) is 1. The van der Waals surface area contributed by atoms with E-state index in [1.807, 2.05) is 12.1 Å². The van der Waals surface area contributed by atoms with Gasteiger partial charge in [-0.15, -0.1) is 0 Å². The second kappa shape index (κ2) is 3.23. The molecule has 0 bridgehead atoms.